The summed E-state index contributed by atoms with van der Waals surface area (Å²) in [4.78, 5) is 0. The molecule has 19 heavy (non-hydrogen) atoms. The lowest BCUT2D eigenvalue weighted by Crippen LogP contribution is -2.46. The maximum Gasteiger partial charge on any atom is 0.123 e. The van der Waals surface area contributed by atoms with Gasteiger partial charge in [0.05, 0.1) is 5.60 Å². The van der Waals surface area contributed by atoms with Crippen LogP contribution in [0.15, 0.2) is 24.3 Å². The van der Waals surface area contributed by atoms with E-state index in [4.69, 9.17) is 10.5 Å². The lowest BCUT2D eigenvalue weighted by Gasteiger charge is -2.46. The molecule has 0 bridgehead atoms. The van der Waals surface area contributed by atoms with E-state index in [1.807, 2.05) is 12.1 Å². The third-order valence-corrected chi connectivity index (χ3v) is 4.57. The highest BCUT2D eigenvalue weighted by atomic mass is 19.1. The molecule has 0 radical (unpaired) electrons. The van der Waals surface area contributed by atoms with Crippen molar-refractivity contribution >= 4 is 0 Å². The van der Waals surface area contributed by atoms with E-state index in [0.717, 1.165) is 32.3 Å². The van der Waals surface area contributed by atoms with Crippen molar-refractivity contribution in [2.24, 2.45) is 5.73 Å². The van der Waals surface area contributed by atoms with Gasteiger partial charge in [-0.2, -0.15) is 0 Å². The van der Waals surface area contributed by atoms with E-state index in [1.165, 1.54) is 5.56 Å². The number of rotatable bonds is 4. The molecule has 0 aromatic heterocycles. The molecule has 2 nitrogen and oxygen atoms in total. The number of hydrogen-bond acceptors (Lipinski definition) is 2. The first-order valence-electron chi connectivity index (χ1n) is 7.14. The molecule has 2 unspecified atom stereocenters. The minimum Gasteiger partial charge on any atom is -0.375 e. The van der Waals surface area contributed by atoms with Crippen LogP contribution in [-0.2, 0) is 10.2 Å². The fourth-order valence-corrected chi connectivity index (χ4v) is 3.26. The van der Waals surface area contributed by atoms with Gasteiger partial charge in [0, 0.05) is 12.0 Å². The molecule has 0 aliphatic carbocycles. The van der Waals surface area contributed by atoms with Crippen LogP contribution in [0.4, 0.5) is 4.39 Å². The molecular formula is C16H24FNO. The summed E-state index contributed by atoms with van der Waals surface area (Å²) in [5.74, 6) is -0.183. The van der Waals surface area contributed by atoms with E-state index >= 15 is 0 Å². The van der Waals surface area contributed by atoms with Gasteiger partial charge in [-0.1, -0.05) is 19.1 Å². The first-order valence-corrected chi connectivity index (χ1v) is 7.14. The molecule has 1 aromatic rings. The molecule has 3 heteroatoms. The molecule has 0 saturated carbocycles. The van der Waals surface area contributed by atoms with Crippen molar-refractivity contribution in [3.8, 4) is 0 Å². The number of hydrogen-bond donors (Lipinski definition) is 1. The summed E-state index contributed by atoms with van der Waals surface area (Å²) in [7, 11) is 0. The lowest BCUT2D eigenvalue weighted by atomic mass is 9.66. The quantitative estimate of drug-likeness (QED) is 0.905. The summed E-state index contributed by atoms with van der Waals surface area (Å²) < 4.78 is 19.1. The van der Waals surface area contributed by atoms with Crippen molar-refractivity contribution in [2.45, 2.75) is 50.5 Å². The van der Waals surface area contributed by atoms with Gasteiger partial charge in [0.1, 0.15) is 5.82 Å². The highest BCUT2D eigenvalue weighted by molar-refractivity contribution is 5.27. The Morgan fingerprint density at radius 3 is 2.58 bits per heavy atom. The molecule has 2 rings (SSSR count). The van der Waals surface area contributed by atoms with Gasteiger partial charge in [-0.25, -0.2) is 4.39 Å². The Bertz CT molecular complexity index is 415. The number of nitrogens with two attached hydrogens (primary N) is 1. The Morgan fingerprint density at radius 2 is 2.00 bits per heavy atom. The molecule has 1 saturated heterocycles. The third kappa shape index (κ3) is 2.98. The summed E-state index contributed by atoms with van der Waals surface area (Å²) in [6.45, 7) is 5.73. The van der Waals surface area contributed by atoms with Crippen molar-refractivity contribution < 1.29 is 9.13 Å². The molecule has 2 N–H and O–H groups in total. The molecule has 1 aromatic carbocycles. The Labute approximate surface area is 115 Å². The second-order valence-electron chi connectivity index (χ2n) is 5.90. The Hall–Kier alpha value is -0.930. The first-order chi connectivity index (χ1) is 9.03. The SMILES string of the molecule is CCC1(C)CC(CCN)(c2ccc(F)cc2)CCO1. The van der Waals surface area contributed by atoms with Gasteiger partial charge in [0.2, 0.25) is 0 Å². The molecule has 1 aliphatic heterocycles. The summed E-state index contributed by atoms with van der Waals surface area (Å²) in [6, 6.07) is 6.91. The highest BCUT2D eigenvalue weighted by Gasteiger charge is 2.42. The topological polar surface area (TPSA) is 35.2 Å². The summed E-state index contributed by atoms with van der Waals surface area (Å²) >= 11 is 0. The zero-order chi connectivity index (χ0) is 13.9. The molecular weight excluding hydrogens is 241 g/mol. The normalized spacial score (nSPS) is 31.4. The van der Waals surface area contributed by atoms with E-state index in [0.29, 0.717) is 6.54 Å². The van der Waals surface area contributed by atoms with Crippen molar-refractivity contribution in [3.05, 3.63) is 35.6 Å². The van der Waals surface area contributed by atoms with E-state index < -0.39 is 0 Å². The molecule has 1 aliphatic rings. The van der Waals surface area contributed by atoms with Gasteiger partial charge in [0.25, 0.3) is 0 Å². The average Bonchev–Trinajstić information content (AvgIpc) is 2.40. The van der Waals surface area contributed by atoms with Gasteiger partial charge < -0.3 is 10.5 Å². The minimum absolute atomic E-state index is 0.0332. The summed E-state index contributed by atoms with van der Waals surface area (Å²) in [5.41, 5.74) is 6.96. The maximum atomic E-state index is 13.1. The molecule has 0 amide bonds. The second-order valence-corrected chi connectivity index (χ2v) is 5.90. The molecule has 1 heterocycles. The van der Waals surface area contributed by atoms with E-state index in [-0.39, 0.29) is 16.8 Å². The van der Waals surface area contributed by atoms with Crippen LogP contribution in [0.2, 0.25) is 0 Å². The Balaban J connectivity index is 2.34. The largest absolute Gasteiger partial charge is 0.375 e. The van der Waals surface area contributed by atoms with Crippen LogP contribution in [0.3, 0.4) is 0 Å². The van der Waals surface area contributed by atoms with Crippen molar-refractivity contribution in [1.29, 1.82) is 0 Å². The molecule has 2 atom stereocenters. The standard InChI is InChI=1S/C16H24FNO/c1-3-15(2)12-16(8-10-18,9-11-19-15)13-4-6-14(17)7-5-13/h4-7H,3,8-12,18H2,1-2H3. The molecule has 0 spiro atoms. The maximum absolute atomic E-state index is 13.1. The van der Waals surface area contributed by atoms with Gasteiger partial charge in [-0.3, -0.25) is 0 Å². The molecule has 1 fully saturated rings. The van der Waals surface area contributed by atoms with E-state index in [1.54, 1.807) is 12.1 Å². The van der Waals surface area contributed by atoms with Crippen molar-refractivity contribution in [1.82, 2.24) is 0 Å². The van der Waals surface area contributed by atoms with Crippen LogP contribution in [0.5, 0.6) is 0 Å². The predicted octanol–water partition coefficient (Wildman–Crippen LogP) is 3.39. The number of benzene rings is 1. The predicted molar refractivity (Wildman–Crippen MR) is 75.6 cm³/mol. The third-order valence-electron chi connectivity index (χ3n) is 4.57. The summed E-state index contributed by atoms with van der Waals surface area (Å²) in [6.07, 6.45) is 3.84. The average molecular weight is 265 g/mol. The number of ether oxygens (including phenoxy) is 1. The fraction of sp³-hybridized carbons (Fsp3) is 0.625. The van der Waals surface area contributed by atoms with Gasteiger partial charge >= 0.3 is 0 Å². The van der Waals surface area contributed by atoms with Gasteiger partial charge in [-0.05, 0) is 56.8 Å². The Morgan fingerprint density at radius 1 is 1.32 bits per heavy atom. The van der Waals surface area contributed by atoms with Crippen molar-refractivity contribution in [3.63, 3.8) is 0 Å². The highest BCUT2D eigenvalue weighted by Crippen LogP contribution is 2.44. The zero-order valence-corrected chi connectivity index (χ0v) is 11.9. The molecule has 106 valence electrons. The van der Waals surface area contributed by atoms with Gasteiger partial charge in [-0.15, -0.1) is 0 Å². The van der Waals surface area contributed by atoms with Crippen LogP contribution < -0.4 is 5.73 Å². The smallest absolute Gasteiger partial charge is 0.123 e. The van der Waals surface area contributed by atoms with Gasteiger partial charge in [0.15, 0.2) is 0 Å². The van der Waals surface area contributed by atoms with Crippen LogP contribution >= 0.6 is 0 Å². The van der Waals surface area contributed by atoms with Crippen LogP contribution in [-0.4, -0.2) is 18.8 Å². The summed E-state index contributed by atoms with van der Waals surface area (Å²) in [5, 5.41) is 0. The second kappa shape index (κ2) is 5.59. The zero-order valence-electron chi connectivity index (χ0n) is 11.9. The lowest BCUT2D eigenvalue weighted by molar-refractivity contribution is -0.0976. The minimum atomic E-state index is -0.183. The van der Waals surface area contributed by atoms with Crippen LogP contribution in [0, 0.1) is 5.82 Å². The van der Waals surface area contributed by atoms with Crippen molar-refractivity contribution in [2.75, 3.05) is 13.2 Å². The monoisotopic (exact) mass is 265 g/mol. The number of halogens is 1. The van der Waals surface area contributed by atoms with E-state index in [2.05, 4.69) is 13.8 Å². The fourth-order valence-electron chi connectivity index (χ4n) is 3.26. The Kier molecular flexibility index (Phi) is 4.26. The van der Waals surface area contributed by atoms with E-state index in [9.17, 15) is 4.39 Å². The van der Waals surface area contributed by atoms with Crippen LogP contribution in [0.1, 0.15) is 45.1 Å². The first kappa shape index (κ1) is 14.5. The van der Waals surface area contributed by atoms with Crippen LogP contribution in [0.25, 0.3) is 0 Å².